The van der Waals surface area contributed by atoms with Crippen molar-refractivity contribution in [1.82, 2.24) is 14.1 Å². The van der Waals surface area contributed by atoms with Gasteiger partial charge < -0.3 is 49.2 Å². The Morgan fingerprint density at radius 1 is 0.732 bits per heavy atom. The maximum Gasteiger partial charge on any atom is 0.243 e. The van der Waals surface area contributed by atoms with Gasteiger partial charge in [0.2, 0.25) is 10.0 Å². The maximum atomic E-state index is 12.6. The highest BCUT2D eigenvalue weighted by Gasteiger charge is 2.26. The highest BCUT2D eigenvalue weighted by Crippen LogP contribution is 2.18. The van der Waals surface area contributed by atoms with Crippen molar-refractivity contribution in [2.75, 3.05) is 66.1 Å². The molecule has 226 valence electrons. The average molecular weight is 596 g/mol. The Hall–Kier alpha value is -3.96. The molecule has 0 spiro atoms. The van der Waals surface area contributed by atoms with Crippen LogP contribution >= 0.6 is 0 Å². The Morgan fingerprint density at radius 3 is 1.54 bits per heavy atom. The third kappa shape index (κ3) is 14.3. The van der Waals surface area contributed by atoms with Crippen LogP contribution in [0.25, 0.3) is 0 Å². The molecule has 2 saturated heterocycles. The van der Waals surface area contributed by atoms with Gasteiger partial charge in [0.25, 0.3) is 0 Å². The summed E-state index contributed by atoms with van der Waals surface area (Å²) in [5.41, 5.74) is 0.555. The lowest BCUT2D eigenvalue weighted by atomic mass is 10.1. The number of aliphatic carboxylic acids is 4. The third-order valence-corrected chi connectivity index (χ3v) is 7.37. The number of hydrogen-bond acceptors (Lipinski definition) is 14. The number of hydrogen-bond donors (Lipinski definition) is 0. The van der Waals surface area contributed by atoms with Crippen molar-refractivity contribution in [2.45, 2.75) is 4.90 Å². The van der Waals surface area contributed by atoms with Crippen LogP contribution in [0.15, 0.2) is 53.5 Å². The molecule has 2 fully saturated rings. The number of carbonyl (C=O) groups excluding carboxylic acids is 5. The van der Waals surface area contributed by atoms with Crippen molar-refractivity contribution in [2.24, 2.45) is 0 Å². The first kappa shape index (κ1) is 35.1. The molecular formula is C25H29N3O12S-4. The number of nitrogens with zero attached hydrogens (tertiary/aromatic N) is 3. The van der Waals surface area contributed by atoms with Crippen molar-refractivity contribution in [3.05, 3.63) is 54.1 Å². The van der Waals surface area contributed by atoms with Crippen molar-refractivity contribution >= 4 is 39.7 Å². The predicted octanol–water partition coefficient (Wildman–Crippen LogP) is -5.78. The molecule has 2 aliphatic rings. The molecule has 0 amide bonds. The van der Waals surface area contributed by atoms with E-state index < -0.39 is 33.9 Å². The summed E-state index contributed by atoms with van der Waals surface area (Å²) in [4.78, 5) is 54.7. The lowest BCUT2D eigenvalue weighted by molar-refractivity contribution is -0.301. The zero-order chi connectivity index (χ0) is 31.0. The summed E-state index contributed by atoms with van der Waals surface area (Å²) in [5, 5.41) is 37.7. The summed E-state index contributed by atoms with van der Waals surface area (Å²) in [5.74, 6) is -6.16. The molecule has 3 rings (SSSR count). The van der Waals surface area contributed by atoms with Gasteiger partial charge in [0.1, 0.15) is 0 Å². The van der Waals surface area contributed by atoms with E-state index in [1.165, 1.54) is 16.4 Å². The van der Waals surface area contributed by atoms with E-state index in [1.807, 2.05) is 0 Å². The molecule has 0 N–H and O–H groups in total. The predicted molar refractivity (Wildman–Crippen MR) is 133 cm³/mol. The standard InChI is InChI=1S/C17H25N3O4S.2C4H4O4/c1-18-6-8-19(9-7-18)14-17(21)15-2-4-16(5-3-15)25(22,23)20-10-12-24-13-11-20;2*5-3(6)1-2-4(7)8/h2-5H,6-14H2,1H3;2*1-2H,(H,5,6)(H,7,8)/p-4/b;2*2-1-. The van der Waals surface area contributed by atoms with Crippen LogP contribution in [0.1, 0.15) is 10.4 Å². The summed E-state index contributed by atoms with van der Waals surface area (Å²) >= 11 is 0. The van der Waals surface area contributed by atoms with Gasteiger partial charge in [0, 0.05) is 44.8 Å². The van der Waals surface area contributed by atoms with Crippen LogP contribution < -0.4 is 20.4 Å². The molecule has 0 atom stereocenters. The van der Waals surface area contributed by atoms with Crippen molar-refractivity contribution in [3.8, 4) is 0 Å². The van der Waals surface area contributed by atoms with Gasteiger partial charge in [-0.3, -0.25) is 9.69 Å². The number of Topliss-reactive ketones (excluding diaryl/α,β-unsaturated/α-hetero) is 1. The monoisotopic (exact) mass is 595 g/mol. The number of sulfonamides is 1. The number of rotatable bonds is 9. The van der Waals surface area contributed by atoms with Gasteiger partial charge in [0.05, 0.1) is 48.5 Å². The summed E-state index contributed by atoms with van der Waals surface area (Å²) in [6, 6.07) is 6.29. The number of piperazine rings is 1. The molecule has 15 nitrogen and oxygen atoms in total. The molecule has 0 bridgehead atoms. The molecule has 0 aromatic heterocycles. The number of ether oxygens (including phenoxy) is 1. The fraction of sp³-hybridized carbons (Fsp3) is 0.400. The maximum absolute atomic E-state index is 12.6. The first-order valence-electron chi connectivity index (χ1n) is 12.0. The smallest absolute Gasteiger partial charge is 0.243 e. The largest absolute Gasteiger partial charge is 0.545 e. The van der Waals surface area contributed by atoms with E-state index in [0.717, 1.165) is 26.2 Å². The summed E-state index contributed by atoms with van der Waals surface area (Å²) in [6.45, 7) is 5.63. The number of carbonyl (C=O) groups is 5. The van der Waals surface area contributed by atoms with E-state index in [9.17, 15) is 52.8 Å². The quantitative estimate of drug-likeness (QED) is 0.191. The molecule has 2 heterocycles. The molecule has 0 radical (unpaired) electrons. The fourth-order valence-electron chi connectivity index (χ4n) is 3.32. The van der Waals surface area contributed by atoms with E-state index >= 15 is 0 Å². The molecule has 41 heavy (non-hydrogen) atoms. The van der Waals surface area contributed by atoms with Gasteiger partial charge >= 0.3 is 0 Å². The number of carboxylic acid groups (broad SMARTS) is 4. The molecule has 0 saturated carbocycles. The Morgan fingerprint density at radius 2 is 1.15 bits per heavy atom. The van der Waals surface area contributed by atoms with E-state index in [4.69, 9.17) is 4.74 Å². The molecular weight excluding hydrogens is 566 g/mol. The van der Waals surface area contributed by atoms with Gasteiger partial charge in [0.15, 0.2) is 5.78 Å². The highest BCUT2D eigenvalue weighted by molar-refractivity contribution is 7.89. The number of morpholine rings is 1. The number of ketones is 1. The molecule has 0 unspecified atom stereocenters. The number of carboxylic acids is 4. The minimum Gasteiger partial charge on any atom is -0.545 e. The molecule has 0 aliphatic carbocycles. The Kier molecular flexibility index (Phi) is 15.1. The van der Waals surface area contributed by atoms with E-state index in [-0.39, 0.29) is 10.7 Å². The van der Waals surface area contributed by atoms with Crippen LogP contribution in [0.5, 0.6) is 0 Å². The highest BCUT2D eigenvalue weighted by atomic mass is 32.2. The first-order valence-corrected chi connectivity index (χ1v) is 13.5. The zero-order valence-corrected chi connectivity index (χ0v) is 22.9. The van der Waals surface area contributed by atoms with Gasteiger partial charge in [-0.25, -0.2) is 8.42 Å². The van der Waals surface area contributed by atoms with Gasteiger partial charge in [-0.15, -0.1) is 0 Å². The minimum atomic E-state index is -3.51. The Balaban J connectivity index is 0.000000433. The van der Waals surface area contributed by atoms with Gasteiger partial charge in [-0.1, -0.05) is 12.1 Å². The first-order chi connectivity index (χ1) is 19.2. The molecule has 2 aliphatic heterocycles. The minimum absolute atomic E-state index is 0.0277. The second kappa shape index (κ2) is 17.7. The van der Waals surface area contributed by atoms with Gasteiger partial charge in [-0.2, -0.15) is 4.31 Å². The van der Waals surface area contributed by atoms with E-state index in [2.05, 4.69) is 16.8 Å². The van der Waals surface area contributed by atoms with E-state index in [0.29, 0.717) is 62.7 Å². The van der Waals surface area contributed by atoms with Gasteiger partial charge in [-0.05, 0) is 43.5 Å². The Labute approximate surface area is 236 Å². The lowest BCUT2D eigenvalue weighted by Crippen LogP contribution is -2.46. The van der Waals surface area contributed by atoms with Crippen LogP contribution in [0.4, 0.5) is 0 Å². The van der Waals surface area contributed by atoms with Crippen LogP contribution in [-0.2, 0) is 33.9 Å². The van der Waals surface area contributed by atoms with Crippen LogP contribution in [0.3, 0.4) is 0 Å². The lowest BCUT2D eigenvalue weighted by Gasteiger charge is -2.31. The Bertz CT molecular complexity index is 1150. The molecule has 16 heteroatoms. The van der Waals surface area contributed by atoms with Crippen LogP contribution in [0, 0.1) is 0 Å². The fourth-order valence-corrected chi connectivity index (χ4v) is 4.73. The van der Waals surface area contributed by atoms with Crippen LogP contribution in [0.2, 0.25) is 0 Å². The zero-order valence-electron chi connectivity index (χ0n) is 22.1. The molecule has 1 aromatic carbocycles. The SMILES string of the molecule is CN1CCN(CC(=O)c2ccc(S(=O)(=O)N3CCOCC3)cc2)CC1.O=C([O-])/C=C\C(=O)[O-].O=C([O-])/C=C\C(=O)[O-]. The average Bonchev–Trinajstić information content (AvgIpc) is 2.93. The second-order valence-electron chi connectivity index (χ2n) is 8.49. The van der Waals surface area contributed by atoms with Crippen molar-refractivity contribution in [1.29, 1.82) is 0 Å². The van der Waals surface area contributed by atoms with Crippen LogP contribution in [-0.4, -0.2) is 118 Å². The van der Waals surface area contributed by atoms with Crippen molar-refractivity contribution in [3.63, 3.8) is 0 Å². The number of likely N-dealkylation sites (N-methyl/N-ethyl adjacent to an activating group) is 1. The third-order valence-electron chi connectivity index (χ3n) is 5.46. The van der Waals surface area contributed by atoms with E-state index in [1.54, 1.807) is 12.1 Å². The summed E-state index contributed by atoms with van der Waals surface area (Å²) in [7, 11) is -1.44. The number of benzene rings is 1. The normalized spacial score (nSPS) is 16.7. The summed E-state index contributed by atoms with van der Waals surface area (Å²) < 4.78 is 31.8. The molecule has 1 aromatic rings. The second-order valence-corrected chi connectivity index (χ2v) is 10.4. The van der Waals surface area contributed by atoms with Crippen molar-refractivity contribution < 1.29 is 57.6 Å². The summed E-state index contributed by atoms with van der Waals surface area (Å²) in [6.07, 6.45) is 1.54. The topological polar surface area (TPSA) is 231 Å².